The van der Waals surface area contributed by atoms with Crippen LogP contribution in [-0.2, 0) is 0 Å². The average Bonchev–Trinajstić information content (AvgIpc) is 3.11. The maximum atomic E-state index is 13.0. The van der Waals surface area contributed by atoms with Crippen molar-refractivity contribution in [3.8, 4) is 5.69 Å². The number of benzene rings is 1. The molecular formula is C18H23N3O2S. The first-order valence-electron chi connectivity index (χ1n) is 8.34. The quantitative estimate of drug-likeness (QED) is 0.847. The van der Waals surface area contributed by atoms with Crippen LogP contribution in [0.2, 0.25) is 0 Å². The van der Waals surface area contributed by atoms with E-state index in [-0.39, 0.29) is 18.6 Å². The smallest absolute Gasteiger partial charge is 0.254 e. The minimum Gasteiger partial charge on any atom is -0.396 e. The van der Waals surface area contributed by atoms with Gasteiger partial charge in [-0.2, -0.15) is 0 Å². The SMILES string of the molecule is CSc1nccn1-c1cccc(C(=O)N2CCCCC2CCO)c1. The highest BCUT2D eigenvalue weighted by molar-refractivity contribution is 7.98. The van der Waals surface area contributed by atoms with Crippen LogP contribution in [0.5, 0.6) is 0 Å². The molecule has 24 heavy (non-hydrogen) atoms. The maximum absolute atomic E-state index is 13.0. The number of rotatable bonds is 5. The second-order valence-corrected chi connectivity index (χ2v) is 6.77. The van der Waals surface area contributed by atoms with Crippen molar-refractivity contribution < 1.29 is 9.90 Å². The molecule has 0 bridgehead atoms. The third-order valence-corrected chi connectivity index (χ3v) is 5.18. The number of carbonyl (C=O) groups is 1. The second-order valence-electron chi connectivity index (χ2n) is 5.99. The van der Waals surface area contributed by atoms with Crippen LogP contribution in [0.25, 0.3) is 5.69 Å². The van der Waals surface area contributed by atoms with Crippen LogP contribution in [0, 0.1) is 0 Å². The highest BCUT2D eigenvalue weighted by atomic mass is 32.2. The molecule has 6 heteroatoms. The minimum atomic E-state index is 0.0563. The molecule has 0 radical (unpaired) electrons. The highest BCUT2D eigenvalue weighted by Crippen LogP contribution is 2.24. The summed E-state index contributed by atoms with van der Waals surface area (Å²) in [6, 6.07) is 7.84. The number of aliphatic hydroxyl groups excluding tert-OH is 1. The summed E-state index contributed by atoms with van der Waals surface area (Å²) in [4.78, 5) is 19.2. The Kier molecular flexibility index (Phi) is 5.58. The van der Waals surface area contributed by atoms with Crippen LogP contribution < -0.4 is 0 Å². The first-order valence-corrected chi connectivity index (χ1v) is 9.56. The van der Waals surface area contributed by atoms with E-state index >= 15 is 0 Å². The van der Waals surface area contributed by atoms with Crippen molar-refractivity contribution in [2.75, 3.05) is 19.4 Å². The van der Waals surface area contributed by atoms with Gasteiger partial charge in [0, 0.05) is 42.8 Å². The Labute approximate surface area is 146 Å². The zero-order chi connectivity index (χ0) is 16.9. The molecule has 0 saturated carbocycles. The van der Waals surface area contributed by atoms with Gasteiger partial charge in [-0.05, 0) is 50.1 Å². The van der Waals surface area contributed by atoms with Gasteiger partial charge < -0.3 is 10.0 Å². The van der Waals surface area contributed by atoms with Crippen LogP contribution in [0.4, 0.5) is 0 Å². The molecule has 0 spiro atoms. The Morgan fingerprint density at radius 2 is 2.29 bits per heavy atom. The first kappa shape index (κ1) is 17.0. The third-order valence-electron chi connectivity index (χ3n) is 4.51. The van der Waals surface area contributed by atoms with Crippen LogP contribution in [0.3, 0.4) is 0 Å². The summed E-state index contributed by atoms with van der Waals surface area (Å²) in [5, 5.41) is 10.2. The molecule has 2 aromatic rings. The number of carbonyl (C=O) groups excluding carboxylic acids is 1. The summed E-state index contributed by atoms with van der Waals surface area (Å²) in [6.07, 6.45) is 9.45. The number of hydrogen-bond acceptors (Lipinski definition) is 4. The fraction of sp³-hybridized carbons (Fsp3) is 0.444. The first-order chi connectivity index (χ1) is 11.7. The fourth-order valence-corrected chi connectivity index (χ4v) is 3.84. The molecule has 5 nitrogen and oxygen atoms in total. The van der Waals surface area contributed by atoms with Crippen molar-refractivity contribution in [1.29, 1.82) is 0 Å². The summed E-state index contributed by atoms with van der Waals surface area (Å²) in [5.41, 5.74) is 1.64. The second kappa shape index (κ2) is 7.85. The van der Waals surface area contributed by atoms with Gasteiger partial charge in [0.2, 0.25) is 0 Å². The van der Waals surface area contributed by atoms with Crippen molar-refractivity contribution in [2.24, 2.45) is 0 Å². The van der Waals surface area contributed by atoms with E-state index < -0.39 is 0 Å². The van der Waals surface area contributed by atoms with Gasteiger partial charge in [0.25, 0.3) is 5.91 Å². The van der Waals surface area contributed by atoms with Gasteiger partial charge in [-0.1, -0.05) is 17.8 Å². The molecule has 1 saturated heterocycles. The molecular weight excluding hydrogens is 322 g/mol. The zero-order valence-electron chi connectivity index (χ0n) is 13.9. The van der Waals surface area contributed by atoms with Crippen molar-refractivity contribution in [2.45, 2.75) is 36.9 Å². The maximum Gasteiger partial charge on any atom is 0.254 e. The third kappa shape index (κ3) is 3.49. The molecule has 1 amide bonds. The summed E-state index contributed by atoms with van der Waals surface area (Å²) >= 11 is 1.57. The fourth-order valence-electron chi connectivity index (χ4n) is 3.31. The van der Waals surface area contributed by atoms with E-state index in [2.05, 4.69) is 4.98 Å². The zero-order valence-corrected chi connectivity index (χ0v) is 14.7. The molecule has 1 aliphatic rings. The molecule has 1 N–H and O–H groups in total. The average molecular weight is 345 g/mol. The van der Waals surface area contributed by atoms with E-state index in [4.69, 9.17) is 0 Å². The molecule has 128 valence electrons. The Morgan fingerprint density at radius 3 is 3.08 bits per heavy atom. The van der Waals surface area contributed by atoms with Gasteiger partial charge in [0.1, 0.15) is 0 Å². The van der Waals surface area contributed by atoms with Gasteiger partial charge in [-0.3, -0.25) is 9.36 Å². The van der Waals surface area contributed by atoms with Gasteiger partial charge in [-0.15, -0.1) is 0 Å². The lowest BCUT2D eigenvalue weighted by Crippen LogP contribution is -2.44. The number of hydrogen-bond donors (Lipinski definition) is 1. The van der Waals surface area contributed by atoms with Gasteiger partial charge >= 0.3 is 0 Å². The molecule has 1 atom stereocenters. The van der Waals surface area contributed by atoms with E-state index in [1.54, 1.807) is 18.0 Å². The summed E-state index contributed by atoms with van der Waals surface area (Å²) in [6.45, 7) is 0.898. The number of piperidine rings is 1. The summed E-state index contributed by atoms with van der Waals surface area (Å²) < 4.78 is 1.99. The minimum absolute atomic E-state index is 0.0563. The van der Waals surface area contributed by atoms with Gasteiger partial charge in [0.05, 0.1) is 0 Å². The lowest BCUT2D eigenvalue weighted by atomic mass is 9.98. The standard InChI is InChI=1S/C18H23N3O2S/c1-24-18-19-9-11-21(18)16-7-4-5-14(13-16)17(23)20-10-3-2-6-15(20)8-12-22/h4-5,7,9,11,13,15,22H,2-3,6,8,10,12H2,1H3. The van der Waals surface area contributed by atoms with E-state index in [1.165, 1.54) is 0 Å². The summed E-state index contributed by atoms with van der Waals surface area (Å²) in [5.74, 6) is 0.0563. The topological polar surface area (TPSA) is 58.4 Å². The molecule has 2 heterocycles. The van der Waals surface area contributed by atoms with E-state index in [9.17, 15) is 9.90 Å². The molecule has 1 aliphatic heterocycles. The monoisotopic (exact) mass is 345 g/mol. The number of nitrogens with zero attached hydrogens (tertiary/aromatic N) is 3. The van der Waals surface area contributed by atoms with Gasteiger partial charge in [-0.25, -0.2) is 4.98 Å². The van der Waals surface area contributed by atoms with Crippen molar-refractivity contribution in [3.63, 3.8) is 0 Å². The Bertz CT molecular complexity index is 699. The summed E-state index contributed by atoms with van der Waals surface area (Å²) in [7, 11) is 0. The van der Waals surface area contributed by atoms with Crippen molar-refractivity contribution >= 4 is 17.7 Å². The van der Waals surface area contributed by atoms with E-state index in [1.807, 2.05) is 46.2 Å². The Balaban J connectivity index is 1.86. The number of imidazole rings is 1. The van der Waals surface area contributed by atoms with Crippen LogP contribution in [0.15, 0.2) is 41.8 Å². The molecule has 1 fully saturated rings. The predicted molar refractivity (Wildman–Crippen MR) is 95.7 cm³/mol. The van der Waals surface area contributed by atoms with Crippen LogP contribution in [0.1, 0.15) is 36.0 Å². The molecule has 1 unspecified atom stereocenters. The Hall–Kier alpha value is -1.79. The van der Waals surface area contributed by atoms with Crippen molar-refractivity contribution in [3.05, 3.63) is 42.2 Å². The number of thioether (sulfide) groups is 1. The lowest BCUT2D eigenvalue weighted by Gasteiger charge is -2.35. The predicted octanol–water partition coefficient (Wildman–Crippen LogP) is 2.97. The molecule has 1 aromatic carbocycles. The lowest BCUT2D eigenvalue weighted by molar-refractivity contribution is 0.0574. The highest BCUT2D eigenvalue weighted by Gasteiger charge is 2.27. The normalized spacial score (nSPS) is 17.9. The molecule has 0 aliphatic carbocycles. The number of likely N-dealkylation sites (tertiary alicyclic amines) is 1. The Morgan fingerprint density at radius 1 is 1.42 bits per heavy atom. The number of amides is 1. The van der Waals surface area contributed by atoms with E-state index in [0.717, 1.165) is 36.7 Å². The van der Waals surface area contributed by atoms with Crippen LogP contribution >= 0.6 is 11.8 Å². The number of aliphatic hydroxyl groups is 1. The number of aromatic nitrogens is 2. The molecule has 3 rings (SSSR count). The largest absolute Gasteiger partial charge is 0.396 e. The van der Waals surface area contributed by atoms with E-state index in [0.29, 0.717) is 12.0 Å². The van der Waals surface area contributed by atoms with Crippen molar-refractivity contribution in [1.82, 2.24) is 14.5 Å². The van der Waals surface area contributed by atoms with Gasteiger partial charge in [0.15, 0.2) is 5.16 Å². The van der Waals surface area contributed by atoms with Crippen LogP contribution in [-0.4, -0.2) is 50.9 Å². The molecule has 1 aromatic heterocycles.